The summed E-state index contributed by atoms with van der Waals surface area (Å²) in [6.45, 7) is 6.99. The van der Waals surface area contributed by atoms with E-state index in [1.54, 1.807) is 12.1 Å². The molecule has 0 unspecified atom stereocenters. The average Bonchev–Trinajstić information content (AvgIpc) is 3.21. The lowest BCUT2D eigenvalue weighted by Crippen LogP contribution is -2.15. The third kappa shape index (κ3) is 5.31. The number of aromatic nitrogens is 3. The molecule has 0 saturated carbocycles. The van der Waals surface area contributed by atoms with Crippen molar-refractivity contribution in [2.45, 2.75) is 39.1 Å². The van der Waals surface area contributed by atoms with Crippen molar-refractivity contribution in [3.05, 3.63) is 76.6 Å². The molecule has 3 aromatic carbocycles. The van der Waals surface area contributed by atoms with E-state index < -0.39 is 0 Å². The number of amides is 1. The lowest BCUT2D eigenvalue weighted by atomic mass is 10.0. The summed E-state index contributed by atoms with van der Waals surface area (Å²) in [5.41, 5.74) is 2.76. The summed E-state index contributed by atoms with van der Waals surface area (Å²) < 4.78 is 8.06. The second-order valence-corrected chi connectivity index (χ2v) is 9.02. The van der Waals surface area contributed by atoms with Crippen LogP contribution in [0.4, 0.5) is 5.69 Å². The van der Waals surface area contributed by atoms with Gasteiger partial charge in [-0.3, -0.25) is 4.79 Å². The van der Waals surface area contributed by atoms with Crippen LogP contribution >= 0.6 is 23.4 Å². The van der Waals surface area contributed by atoms with Crippen LogP contribution in [0.25, 0.3) is 10.8 Å². The normalized spacial score (nSPS) is 11.0. The van der Waals surface area contributed by atoms with Crippen molar-refractivity contribution in [1.29, 1.82) is 0 Å². The highest BCUT2D eigenvalue weighted by atomic mass is 35.5. The monoisotopic (exact) mass is 480 g/mol. The lowest BCUT2D eigenvalue weighted by molar-refractivity contribution is -0.113. The maximum Gasteiger partial charge on any atom is 0.234 e. The SMILES string of the molecule is CCn1c(COc2ccc3ccccc3c2C)nnc1SCC(=O)Nc1cc(Cl)ccc1C. The number of aryl methyl sites for hydroxylation is 2. The molecule has 1 aromatic heterocycles. The van der Waals surface area contributed by atoms with Crippen LogP contribution in [0.15, 0.2) is 59.8 Å². The molecule has 0 saturated heterocycles. The summed E-state index contributed by atoms with van der Waals surface area (Å²) in [6.07, 6.45) is 0. The Kier molecular flexibility index (Phi) is 7.20. The van der Waals surface area contributed by atoms with Gasteiger partial charge in [-0.15, -0.1) is 10.2 Å². The second kappa shape index (κ2) is 10.3. The molecule has 1 N–H and O–H groups in total. The Morgan fingerprint density at radius 1 is 1.12 bits per heavy atom. The first-order valence-electron chi connectivity index (χ1n) is 10.7. The molecule has 0 bridgehead atoms. The molecule has 4 aromatic rings. The molecule has 0 radical (unpaired) electrons. The van der Waals surface area contributed by atoms with Crippen LogP contribution in [-0.4, -0.2) is 26.4 Å². The number of benzene rings is 3. The fourth-order valence-corrected chi connectivity index (χ4v) is 4.59. The quantitative estimate of drug-likeness (QED) is 0.312. The molecule has 0 aliphatic heterocycles. The van der Waals surface area contributed by atoms with Crippen molar-refractivity contribution in [1.82, 2.24) is 14.8 Å². The molecule has 1 amide bonds. The Labute approximate surface area is 202 Å². The maximum atomic E-state index is 12.5. The standard InChI is InChI=1S/C25H25ClN4O2S/c1-4-30-23(14-32-22-12-10-18-7-5-6-8-20(18)17(22)3)28-29-25(30)33-15-24(31)27-21-13-19(26)11-9-16(21)2/h5-13H,4,14-15H2,1-3H3,(H,27,31). The maximum absolute atomic E-state index is 12.5. The number of rotatable bonds is 8. The van der Waals surface area contributed by atoms with Gasteiger partial charge >= 0.3 is 0 Å². The highest BCUT2D eigenvalue weighted by molar-refractivity contribution is 7.99. The summed E-state index contributed by atoms with van der Waals surface area (Å²) >= 11 is 7.38. The molecule has 170 valence electrons. The minimum Gasteiger partial charge on any atom is -0.485 e. The van der Waals surface area contributed by atoms with Crippen LogP contribution in [0.2, 0.25) is 5.02 Å². The van der Waals surface area contributed by atoms with E-state index in [4.69, 9.17) is 16.3 Å². The first-order chi connectivity index (χ1) is 16.0. The average molecular weight is 481 g/mol. The number of hydrogen-bond acceptors (Lipinski definition) is 5. The highest BCUT2D eigenvalue weighted by Crippen LogP contribution is 2.28. The van der Waals surface area contributed by atoms with Crippen LogP contribution in [0.5, 0.6) is 5.75 Å². The summed E-state index contributed by atoms with van der Waals surface area (Å²) in [4.78, 5) is 12.5. The Bertz CT molecular complexity index is 1310. The van der Waals surface area contributed by atoms with Gasteiger partial charge in [0.25, 0.3) is 0 Å². The number of hydrogen-bond donors (Lipinski definition) is 1. The molecule has 0 atom stereocenters. The van der Waals surface area contributed by atoms with E-state index in [9.17, 15) is 4.79 Å². The third-order valence-corrected chi connectivity index (χ3v) is 6.62. The van der Waals surface area contributed by atoms with Crippen LogP contribution < -0.4 is 10.1 Å². The first kappa shape index (κ1) is 23.1. The topological polar surface area (TPSA) is 69.0 Å². The predicted octanol–water partition coefficient (Wildman–Crippen LogP) is 6.03. The van der Waals surface area contributed by atoms with Crippen molar-refractivity contribution in [3.8, 4) is 5.75 Å². The number of fused-ring (bicyclic) bond motifs is 1. The molecular weight excluding hydrogens is 456 g/mol. The summed E-state index contributed by atoms with van der Waals surface area (Å²) in [5, 5.41) is 15.1. The molecule has 33 heavy (non-hydrogen) atoms. The van der Waals surface area contributed by atoms with Crippen molar-refractivity contribution in [2.24, 2.45) is 0 Å². The fraction of sp³-hybridized carbons (Fsp3) is 0.240. The highest BCUT2D eigenvalue weighted by Gasteiger charge is 2.15. The molecule has 8 heteroatoms. The van der Waals surface area contributed by atoms with Gasteiger partial charge in [-0.2, -0.15) is 0 Å². The van der Waals surface area contributed by atoms with Gasteiger partial charge in [0.05, 0.1) is 5.75 Å². The number of nitrogens with one attached hydrogen (secondary N) is 1. The van der Waals surface area contributed by atoms with E-state index in [1.807, 2.05) is 42.7 Å². The first-order valence-corrected chi connectivity index (χ1v) is 12.0. The molecule has 1 heterocycles. The van der Waals surface area contributed by atoms with Crippen LogP contribution in [0.3, 0.4) is 0 Å². The Balaban J connectivity index is 1.40. The zero-order chi connectivity index (χ0) is 23.4. The Hall–Kier alpha value is -3.03. The van der Waals surface area contributed by atoms with Crippen LogP contribution in [0.1, 0.15) is 23.9 Å². The van der Waals surface area contributed by atoms with E-state index in [-0.39, 0.29) is 11.7 Å². The zero-order valence-electron chi connectivity index (χ0n) is 18.8. The van der Waals surface area contributed by atoms with Gasteiger partial charge in [-0.05, 0) is 60.9 Å². The van der Waals surface area contributed by atoms with Gasteiger partial charge in [-0.1, -0.05) is 59.8 Å². The molecule has 0 fully saturated rings. The Morgan fingerprint density at radius 2 is 1.94 bits per heavy atom. The lowest BCUT2D eigenvalue weighted by Gasteiger charge is -2.12. The summed E-state index contributed by atoms with van der Waals surface area (Å²) in [5.74, 6) is 1.64. The molecular formula is C25H25ClN4O2S. The minimum absolute atomic E-state index is 0.124. The number of carbonyl (C=O) groups excluding carboxylic acids is 1. The number of thioether (sulfide) groups is 1. The van der Waals surface area contributed by atoms with E-state index in [0.717, 1.165) is 22.7 Å². The Morgan fingerprint density at radius 3 is 2.76 bits per heavy atom. The minimum atomic E-state index is -0.124. The number of ether oxygens (including phenoxy) is 1. The molecule has 0 aliphatic carbocycles. The molecule has 4 rings (SSSR count). The fourth-order valence-electron chi connectivity index (χ4n) is 3.60. The van der Waals surface area contributed by atoms with Gasteiger partial charge in [0.15, 0.2) is 11.0 Å². The van der Waals surface area contributed by atoms with Crippen molar-refractivity contribution in [3.63, 3.8) is 0 Å². The van der Waals surface area contributed by atoms with Gasteiger partial charge < -0.3 is 14.6 Å². The van der Waals surface area contributed by atoms with Gasteiger partial charge in [0, 0.05) is 17.3 Å². The van der Waals surface area contributed by atoms with Gasteiger partial charge in [0.1, 0.15) is 12.4 Å². The number of nitrogens with zero attached hydrogens (tertiary/aromatic N) is 3. The van der Waals surface area contributed by atoms with Crippen LogP contribution in [0, 0.1) is 13.8 Å². The zero-order valence-corrected chi connectivity index (χ0v) is 20.3. The molecule has 0 spiro atoms. The summed E-state index contributed by atoms with van der Waals surface area (Å²) in [7, 11) is 0. The summed E-state index contributed by atoms with van der Waals surface area (Å²) in [6, 6.07) is 17.7. The van der Waals surface area contributed by atoms with Crippen LogP contribution in [-0.2, 0) is 17.9 Å². The number of anilines is 1. The van der Waals surface area contributed by atoms with E-state index in [0.29, 0.717) is 29.0 Å². The van der Waals surface area contributed by atoms with Crippen molar-refractivity contribution in [2.75, 3.05) is 11.1 Å². The molecule has 0 aliphatic rings. The largest absolute Gasteiger partial charge is 0.485 e. The number of carbonyl (C=O) groups is 1. The third-order valence-electron chi connectivity index (χ3n) is 5.42. The van der Waals surface area contributed by atoms with E-state index in [1.165, 1.54) is 22.5 Å². The van der Waals surface area contributed by atoms with Crippen molar-refractivity contribution >= 4 is 45.7 Å². The predicted molar refractivity (Wildman–Crippen MR) is 134 cm³/mol. The molecule has 6 nitrogen and oxygen atoms in total. The van der Waals surface area contributed by atoms with Gasteiger partial charge in [-0.25, -0.2) is 0 Å². The van der Waals surface area contributed by atoms with E-state index >= 15 is 0 Å². The smallest absolute Gasteiger partial charge is 0.234 e. The van der Waals surface area contributed by atoms with Crippen molar-refractivity contribution < 1.29 is 9.53 Å². The van der Waals surface area contributed by atoms with Gasteiger partial charge in [0.2, 0.25) is 5.91 Å². The second-order valence-electron chi connectivity index (χ2n) is 7.64. The number of halogens is 1. The van der Waals surface area contributed by atoms with E-state index in [2.05, 4.69) is 40.6 Å².